The number of hydrogen-bond acceptors (Lipinski definition) is 2. The van der Waals surface area contributed by atoms with E-state index in [1.807, 2.05) is 6.07 Å². The zero-order chi connectivity index (χ0) is 15.4. The maximum Gasteiger partial charge on any atom is 0.304 e. The predicted octanol–water partition coefficient (Wildman–Crippen LogP) is 3.25. The first-order valence-electron chi connectivity index (χ1n) is 7.66. The van der Waals surface area contributed by atoms with E-state index in [-0.39, 0.29) is 18.3 Å². The third-order valence-corrected chi connectivity index (χ3v) is 4.31. The van der Waals surface area contributed by atoms with Gasteiger partial charge in [0, 0.05) is 12.6 Å². The van der Waals surface area contributed by atoms with Gasteiger partial charge in [-0.25, -0.2) is 4.39 Å². The summed E-state index contributed by atoms with van der Waals surface area (Å²) >= 11 is 0. The number of carboxylic acid groups (broad SMARTS) is 1. The quantitative estimate of drug-likeness (QED) is 0.906. The molecule has 2 unspecified atom stereocenters. The van der Waals surface area contributed by atoms with Crippen LogP contribution in [0.25, 0.3) is 0 Å². The molecule has 0 amide bonds. The number of aliphatic carboxylic acids is 1. The minimum atomic E-state index is -0.767. The highest BCUT2D eigenvalue weighted by atomic mass is 19.1. The Morgan fingerprint density at radius 1 is 1.52 bits per heavy atom. The highest BCUT2D eigenvalue weighted by molar-refractivity contribution is 5.67. The molecule has 1 N–H and O–H groups in total. The molecule has 0 radical (unpaired) electrons. The molecule has 1 saturated heterocycles. The minimum Gasteiger partial charge on any atom is -0.481 e. The molecule has 0 saturated carbocycles. The maximum absolute atomic E-state index is 13.3. The van der Waals surface area contributed by atoms with Gasteiger partial charge in [-0.05, 0) is 55.8 Å². The van der Waals surface area contributed by atoms with E-state index >= 15 is 0 Å². The van der Waals surface area contributed by atoms with Gasteiger partial charge in [0.1, 0.15) is 5.82 Å². The summed E-state index contributed by atoms with van der Waals surface area (Å²) in [5, 5.41) is 9.17. The number of rotatable bonds is 5. The van der Waals surface area contributed by atoms with Crippen molar-refractivity contribution in [2.75, 3.05) is 13.1 Å². The molecule has 0 aliphatic carbocycles. The van der Waals surface area contributed by atoms with Crippen LogP contribution in [0.15, 0.2) is 18.2 Å². The minimum absolute atomic E-state index is 0.00453. The van der Waals surface area contributed by atoms with E-state index in [9.17, 15) is 14.3 Å². The monoisotopic (exact) mass is 293 g/mol. The average molecular weight is 293 g/mol. The van der Waals surface area contributed by atoms with Crippen LogP contribution < -0.4 is 0 Å². The van der Waals surface area contributed by atoms with Gasteiger partial charge < -0.3 is 5.11 Å². The van der Waals surface area contributed by atoms with Crippen LogP contribution in [0.5, 0.6) is 0 Å². The summed E-state index contributed by atoms with van der Waals surface area (Å²) in [6, 6.07) is 5.07. The standard InChI is InChI=1S/C17H24FNO2/c1-12-4-3-7-19(11-12)15(10-17(20)21)9-14-5-6-16(18)13(2)8-14/h5-6,8,12,15H,3-4,7,9-11H2,1-2H3,(H,20,21). The first kappa shape index (κ1) is 16.0. The van der Waals surface area contributed by atoms with E-state index in [1.165, 1.54) is 12.5 Å². The Morgan fingerprint density at radius 3 is 2.90 bits per heavy atom. The molecule has 1 heterocycles. The zero-order valence-corrected chi connectivity index (χ0v) is 12.8. The lowest BCUT2D eigenvalue weighted by Gasteiger charge is -2.37. The van der Waals surface area contributed by atoms with Gasteiger partial charge in [0.2, 0.25) is 0 Å². The smallest absolute Gasteiger partial charge is 0.304 e. The fourth-order valence-electron chi connectivity index (χ4n) is 3.20. The summed E-state index contributed by atoms with van der Waals surface area (Å²) in [7, 11) is 0. The van der Waals surface area contributed by atoms with Gasteiger partial charge in [0.15, 0.2) is 0 Å². The molecule has 1 aromatic carbocycles. The molecular weight excluding hydrogens is 269 g/mol. The Balaban J connectivity index is 2.11. The number of piperidine rings is 1. The molecule has 2 atom stereocenters. The van der Waals surface area contributed by atoms with Crippen LogP contribution in [0.4, 0.5) is 4.39 Å². The molecule has 1 aromatic rings. The second-order valence-corrected chi connectivity index (χ2v) is 6.28. The van der Waals surface area contributed by atoms with Crippen molar-refractivity contribution in [2.45, 2.75) is 45.6 Å². The Hall–Kier alpha value is -1.42. The molecule has 1 aliphatic heterocycles. The highest BCUT2D eigenvalue weighted by Crippen LogP contribution is 2.22. The van der Waals surface area contributed by atoms with Crippen LogP contribution in [-0.4, -0.2) is 35.1 Å². The van der Waals surface area contributed by atoms with Crippen molar-refractivity contribution < 1.29 is 14.3 Å². The number of nitrogens with zero attached hydrogens (tertiary/aromatic N) is 1. The normalized spacial score (nSPS) is 21.2. The Kier molecular flexibility index (Phi) is 5.34. The lowest BCUT2D eigenvalue weighted by molar-refractivity contribution is -0.138. The van der Waals surface area contributed by atoms with Crippen LogP contribution >= 0.6 is 0 Å². The van der Waals surface area contributed by atoms with Crippen molar-refractivity contribution in [1.29, 1.82) is 0 Å². The molecule has 0 spiro atoms. The number of carbonyl (C=O) groups is 1. The van der Waals surface area contributed by atoms with Gasteiger partial charge in [-0.1, -0.05) is 19.1 Å². The second-order valence-electron chi connectivity index (χ2n) is 6.28. The topological polar surface area (TPSA) is 40.5 Å². The predicted molar refractivity (Wildman–Crippen MR) is 80.9 cm³/mol. The number of aryl methyl sites for hydroxylation is 1. The summed E-state index contributed by atoms with van der Waals surface area (Å²) in [5.41, 5.74) is 1.63. The van der Waals surface area contributed by atoms with Crippen LogP contribution in [0.2, 0.25) is 0 Å². The molecule has 116 valence electrons. The molecule has 0 bridgehead atoms. The Bertz CT molecular complexity index is 504. The van der Waals surface area contributed by atoms with Crippen molar-refractivity contribution in [3.63, 3.8) is 0 Å². The molecule has 3 nitrogen and oxygen atoms in total. The molecule has 0 aromatic heterocycles. The molecule has 4 heteroatoms. The van der Waals surface area contributed by atoms with Gasteiger partial charge in [-0.2, -0.15) is 0 Å². The van der Waals surface area contributed by atoms with Crippen molar-refractivity contribution in [1.82, 2.24) is 4.90 Å². The summed E-state index contributed by atoms with van der Waals surface area (Å²) in [6.45, 7) is 5.88. The number of benzene rings is 1. The molecule has 1 aliphatic rings. The number of hydrogen-bond donors (Lipinski definition) is 1. The Morgan fingerprint density at radius 2 is 2.29 bits per heavy atom. The second kappa shape index (κ2) is 7.03. The fourth-order valence-corrected chi connectivity index (χ4v) is 3.20. The molecular formula is C17H24FNO2. The van der Waals surface area contributed by atoms with E-state index in [0.29, 0.717) is 17.9 Å². The van der Waals surface area contributed by atoms with Crippen molar-refractivity contribution in [2.24, 2.45) is 5.92 Å². The highest BCUT2D eigenvalue weighted by Gasteiger charge is 2.26. The summed E-state index contributed by atoms with van der Waals surface area (Å²) < 4.78 is 13.3. The SMILES string of the molecule is Cc1cc(CC(CC(=O)O)N2CCCC(C)C2)ccc1F. The third kappa shape index (κ3) is 4.53. The average Bonchev–Trinajstić information content (AvgIpc) is 2.42. The van der Waals surface area contributed by atoms with Crippen molar-refractivity contribution in [3.8, 4) is 0 Å². The Labute approximate surface area is 125 Å². The van der Waals surface area contributed by atoms with Crippen molar-refractivity contribution in [3.05, 3.63) is 35.1 Å². The summed E-state index contributed by atoms with van der Waals surface area (Å²) in [6.07, 6.45) is 3.15. The van der Waals surface area contributed by atoms with Gasteiger partial charge >= 0.3 is 5.97 Å². The summed E-state index contributed by atoms with van der Waals surface area (Å²) in [4.78, 5) is 13.5. The first-order chi connectivity index (χ1) is 9.95. The lowest BCUT2D eigenvalue weighted by Crippen LogP contribution is -2.44. The van der Waals surface area contributed by atoms with Gasteiger partial charge in [0.25, 0.3) is 0 Å². The molecule has 21 heavy (non-hydrogen) atoms. The zero-order valence-electron chi connectivity index (χ0n) is 12.8. The van der Waals surface area contributed by atoms with E-state index in [1.54, 1.807) is 13.0 Å². The van der Waals surface area contributed by atoms with Gasteiger partial charge in [0.05, 0.1) is 6.42 Å². The van der Waals surface area contributed by atoms with Crippen LogP contribution in [0, 0.1) is 18.7 Å². The number of halogens is 1. The van der Waals surface area contributed by atoms with Gasteiger partial charge in [-0.3, -0.25) is 9.69 Å². The largest absolute Gasteiger partial charge is 0.481 e. The molecule has 2 rings (SSSR count). The van der Waals surface area contributed by atoms with Crippen LogP contribution in [-0.2, 0) is 11.2 Å². The fraction of sp³-hybridized carbons (Fsp3) is 0.588. The van der Waals surface area contributed by atoms with E-state index < -0.39 is 5.97 Å². The lowest BCUT2D eigenvalue weighted by atomic mass is 9.94. The van der Waals surface area contributed by atoms with E-state index in [0.717, 1.165) is 25.1 Å². The van der Waals surface area contributed by atoms with Gasteiger partial charge in [-0.15, -0.1) is 0 Å². The molecule has 1 fully saturated rings. The number of likely N-dealkylation sites (tertiary alicyclic amines) is 1. The third-order valence-electron chi connectivity index (χ3n) is 4.31. The van der Waals surface area contributed by atoms with Crippen LogP contribution in [0.1, 0.15) is 37.3 Å². The van der Waals surface area contributed by atoms with E-state index in [2.05, 4.69) is 11.8 Å². The first-order valence-corrected chi connectivity index (χ1v) is 7.66. The van der Waals surface area contributed by atoms with E-state index in [4.69, 9.17) is 0 Å². The maximum atomic E-state index is 13.3. The summed E-state index contributed by atoms with van der Waals surface area (Å²) in [5.74, 6) is -0.359. The van der Waals surface area contributed by atoms with Crippen LogP contribution in [0.3, 0.4) is 0 Å². The number of carboxylic acids is 1. The van der Waals surface area contributed by atoms with Crippen molar-refractivity contribution >= 4 is 5.97 Å².